The zero-order chi connectivity index (χ0) is 23.8. The fourth-order valence-electron chi connectivity index (χ4n) is 2.89. The van der Waals surface area contributed by atoms with Crippen LogP contribution in [0.4, 0.5) is 10.1 Å². The molecule has 0 saturated heterocycles. The Labute approximate surface area is 196 Å². The van der Waals surface area contributed by atoms with Gasteiger partial charge in [-0.3, -0.25) is 9.59 Å². The molecule has 0 aliphatic rings. The van der Waals surface area contributed by atoms with E-state index < -0.39 is 15.8 Å². The minimum atomic E-state index is -3.82. The summed E-state index contributed by atoms with van der Waals surface area (Å²) in [4.78, 5) is 24.3. The van der Waals surface area contributed by atoms with Crippen LogP contribution >= 0.6 is 11.6 Å². The smallest absolute Gasteiger partial charge is 0.255 e. The van der Waals surface area contributed by atoms with Crippen molar-refractivity contribution in [2.24, 2.45) is 0 Å². The third-order valence-corrected chi connectivity index (χ3v) is 6.51. The number of halogens is 2. The molecule has 0 spiro atoms. The van der Waals surface area contributed by atoms with Crippen molar-refractivity contribution < 1.29 is 22.4 Å². The molecule has 7 nitrogen and oxygen atoms in total. The molecule has 33 heavy (non-hydrogen) atoms. The molecule has 0 unspecified atom stereocenters. The molecule has 0 aliphatic carbocycles. The first-order valence-corrected chi connectivity index (χ1v) is 11.8. The van der Waals surface area contributed by atoms with Crippen molar-refractivity contribution in [2.75, 3.05) is 11.9 Å². The van der Waals surface area contributed by atoms with E-state index in [9.17, 15) is 22.4 Å². The van der Waals surface area contributed by atoms with Crippen LogP contribution in [0, 0.1) is 5.82 Å². The van der Waals surface area contributed by atoms with Crippen LogP contribution in [0.2, 0.25) is 5.02 Å². The van der Waals surface area contributed by atoms with Crippen LogP contribution in [0.1, 0.15) is 22.3 Å². The summed E-state index contributed by atoms with van der Waals surface area (Å²) >= 11 is 5.91. The van der Waals surface area contributed by atoms with Crippen molar-refractivity contribution in [3.05, 3.63) is 94.8 Å². The maximum atomic E-state index is 13.0. The number of carbonyl (C=O) groups is 2. The van der Waals surface area contributed by atoms with Crippen LogP contribution in [-0.2, 0) is 21.4 Å². The largest absolute Gasteiger partial charge is 0.352 e. The Balaban J connectivity index is 1.48. The summed E-state index contributed by atoms with van der Waals surface area (Å²) < 4.78 is 39.9. The van der Waals surface area contributed by atoms with E-state index in [1.807, 2.05) is 0 Å². The zero-order valence-corrected chi connectivity index (χ0v) is 18.9. The summed E-state index contributed by atoms with van der Waals surface area (Å²) in [6.45, 7) is 0.101. The molecule has 0 aliphatic heterocycles. The van der Waals surface area contributed by atoms with E-state index in [2.05, 4.69) is 15.4 Å². The van der Waals surface area contributed by atoms with Gasteiger partial charge in [0.05, 0.1) is 5.02 Å². The highest BCUT2D eigenvalue weighted by Crippen LogP contribution is 2.20. The maximum absolute atomic E-state index is 13.0. The van der Waals surface area contributed by atoms with E-state index in [0.717, 1.165) is 5.56 Å². The van der Waals surface area contributed by atoms with Gasteiger partial charge in [0.25, 0.3) is 5.91 Å². The number of benzene rings is 3. The Morgan fingerprint density at radius 2 is 1.67 bits per heavy atom. The minimum Gasteiger partial charge on any atom is -0.352 e. The number of carbonyl (C=O) groups excluding carboxylic acids is 2. The van der Waals surface area contributed by atoms with E-state index in [-0.39, 0.29) is 41.2 Å². The topological polar surface area (TPSA) is 104 Å². The lowest BCUT2D eigenvalue weighted by Gasteiger charge is -2.10. The van der Waals surface area contributed by atoms with Crippen molar-refractivity contribution in [1.82, 2.24) is 10.0 Å². The van der Waals surface area contributed by atoms with E-state index in [4.69, 9.17) is 11.6 Å². The third kappa shape index (κ3) is 7.11. The lowest BCUT2D eigenvalue weighted by molar-refractivity contribution is -0.121. The van der Waals surface area contributed by atoms with E-state index in [0.29, 0.717) is 11.3 Å². The van der Waals surface area contributed by atoms with Crippen molar-refractivity contribution in [2.45, 2.75) is 17.9 Å². The van der Waals surface area contributed by atoms with Gasteiger partial charge in [0, 0.05) is 30.8 Å². The van der Waals surface area contributed by atoms with Gasteiger partial charge in [-0.1, -0.05) is 35.9 Å². The van der Waals surface area contributed by atoms with Crippen LogP contribution in [-0.4, -0.2) is 26.8 Å². The molecule has 0 atom stereocenters. The molecule has 3 N–H and O–H groups in total. The number of amides is 2. The van der Waals surface area contributed by atoms with Crippen molar-refractivity contribution in [3.8, 4) is 0 Å². The summed E-state index contributed by atoms with van der Waals surface area (Å²) in [5, 5.41) is 5.51. The minimum absolute atomic E-state index is 0.0495. The first-order chi connectivity index (χ1) is 15.7. The third-order valence-electron chi connectivity index (χ3n) is 4.55. The molecule has 3 aromatic rings. The summed E-state index contributed by atoms with van der Waals surface area (Å²) in [5.41, 5.74) is 1.56. The van der Waals surface area contributed by atoms with E-state index in [1.54, 1.807) is 36.4 Å². The molecule has 3 rings (SSSR count). The molecular weight excluding hydrogens is 469 g/mol. The van der Waals surface area contributed by atoms with Crippen molar-refractivity contribution >= 4 is 39.1 Å². The molecule has 0 radical (unpaired) electrons. The molecule has 2 amide bonds. The Morgan fingerprint density at radius 3 is 2.39 bits per heavy atom. The second-order valence-electron chi connectivity index (χ2n) is 7.02. The van der Waals surface area contributed by atoms with Gasteiger partial charge < -0.3 is 10.6 Å². The summed E-state index contributed by atoms with van der Waals surface area (Å²) in [6, 6.07) is 18.1. The van der Waals surface area contributed by atoms with Crippen molar-refractivity contribution in [1.29, 1.82) is 0 Å². The second-order valence-corrected chi connectivity index (χ2v) is 9.16. The lowest BCUT2D eigenvalue weighted by Crippen LogP contribution is -2.30. The van der Waals surface area contributed by atoms with Gasteiger partial charge in [-0.15, -0.1) is 0 Å². The standard InChI is InChI=1S/C23H21ClFN3O4S/c24-20-6-1-2-7-21(20)33(31,32)27-13-12-22(29)26-15-16-4-3-5-19(14-16)28-23(30)17-8-10-18(25)11-9-17/h1-11,14,27H,12-13,15H2,(H,26,29)(H,28,30). The number of rotatable bonds is 9. The number of anilines is 1. The lowest BCUT2D eigenvalue weighted by atomic mass is 10.1. The number of sulfonamides is 1. The molecule has 0 aromatic heterocycles. The quantitative estimate of drug-likeness (QED) is 0.426. The van der Waals surface area contributed by atoms with Crippen LogP contribution in [0.15, 0.2) is 77.7 Å². The van der Waals surface area contributed by atoms with Gasteiger partial charge in [0.15, 0.2) is 0 Å². The monoisotopic (exact) mass is 489 g/mol. The first-order valence-electron chi connectivity index (χ1n) is 9.91. The normalized spacial score (nSPS) is 11.1. The fourth-order valence-corrected chi connectivity index (χ4v) is 4.44. The first kappa shape index (κ1) is 24.4. The predicted octanol–water partition coefficient (Wildman–Crippen LogP) is 3.72. The zero-order valence-electron chi connectivity index (χ0n) is 17.3. The highest BCUT2D eigenvalue weighted by atomic mass is 35.5. The van der Waals surface area contributed by atoms with Crippen LogP contribution in [0.25, 0.3) is 0 Å². The summed E-state index contributed by atoms with van der Waals surface area (Å²) in [7, 11) is -3.82. The van der Waals surface area contributed by atoms with Crippen LogP contribution in [0.3, 0.4) is 0 Å². The maximum Gasteiger partial charge on any atom is 0.255 e. The number of hydrogen-bond acceptors (Lipinski definition) is 4. The average molecular weight is 490 g/mol. The van der Waals surface area contributed by atoms with Gasteiger partial charge in [-0.2, -0.15) is 0 Å². The summed E-state index contributed by atoms with van der Waals surface area (Å²) in [5.74, 6) is -1.17. The molecule has 0 bridgehead atoms. The summed E-state index contributed by atoms with van der Waals surface area (Å²) in [6.07, 6.45) is -0.0648. The van der Waals surface area contributed by atoms with Gasteiger partial charge in [0.2, 0.25) is 15.9 Å². The Morgan fingerprint density at radius 1 is 0.939 bits per heavy atom. The van der Waals surface area contributed by atoms with E-state index >= 15 is 0 Å². The SMILES string of the molecule is O=C(CCNS(=O)(=O)c1ccccc1Cl)NCc1cccc(NC(=O)c2ccc(F)cc2)c1. The predicted molar refractivity (Wildman–Crippen MR) is 124 cm³/mol. The van der Waals surface area contributed by atoms with Gasteiger partial charge >= 0.3 is 0 Å². The molecule has 10 heteroatoms. The molecule has 0 saturated carbocycles. The average Bonchev–Trinajstić information content (AvgIpc) is 2.78. The Bertz CT molecular complexity index is 1250. The number of nitrogens with one attached hydrogen (secondary N) is 3. The second kappa shape index (κ2) is 11.0. The van der Waals surface area contributed by atoms with Crippen LogP contribution < -0.4 is 15.4 Å². The van der Waals surface area contributed by atoms with Crippen LogP contribution in [0.5, 0.6) is 0 Å². The fraction of sp³-hybridized carbons (Fsp3) is 0.130. The highest BCUT2D eigenvalue weighted by molar-refractivity contribution is 7.89. The molecular formula is C23H21ClFN3O4S. The molecule has 0 fully saturated rings. The molecule has 172 valence electrons. The Kier molecular flexibility index (Phi) is 8.16. The van der Waals surface area contributed by atoms with Gasteiger partial charge in [-0.05, 0) is 54.1 Å². The molecule has 3 aromatic carbocycles. The van der Waals surface area contributed by atoms with Gasteiger partial charge in [-0.25, -0.2) is 17.5 Å². The van der Waals surface area contributed by atoms with E-state index in [1.165, 1.54) is 36.4 Å². The highest BCUT2D eigenvalue weighted by Gasteiger charge is 2.17. The van der Waals surface area contributed by atoms with Crippen molar-refractivity contribution in [3.63, 3.8) is 0 Å². The Hall–Kier alpha value is -3.27. The molecule has 0 heterocycles. The van der Waals surface area contributed by atoms with Gasteiger partial charge in [0.1, 0.15) is 10.7 Å². The number of hydrogen-bond donors (Lipinski definition) is 3.